The van der Waals surface area contributed by atoms with E-state index in [-0.39, 0.29) is 11.9 Å². The summed E-state index contributed by atoms with van der Waals surface area (Å²) in [4.78, 5) is 15.9. The van der Waals surface area contributed by atoms with Gasteiger partial charge in [0.15, 0.2) is 0 Å². The van der Waals surface area contributed by atoms with Crippen molar-refractivity contribution in [3.8, 4) is 0 Å². The van der Waals surface area contributed by atoms with Crippen molar-refractivity contribution < 1.29 is 4.79 Å². The largest absolute Gasteiger partial charge is 0.352 e. The number of aromatic nitrogens is 2. The summed E-state index contributed by atoms with van der Waals surface area (Å²) in [6, 6.07) is 0.289. The molecular formula is C12H21N3O. The van der Waals surface area contributed by atoms with Crippen LogP contribution in [0.25, 0.3) is 0 Å². The zero-order chi connectivity index (χ0) is 12.1. The molecule has 0 saturated heterocycles. The number of rotatable bonds is 5. The highest BCUT2D eigenvalue weighted by atomic mass is 16.2. The van der Waals surface area contributed by atoms with Crippen LogP contribution in [0.1, 0.15) is 38.1 Å². The molecule has 1 rings (SSSR count). The van der Waals surface area contributed by atoms with E-state index >= 15 is 0 Å². The molecule has 0 atom stereocenters. The van der Waals surface area contributed by atoms with Crippen molar-refractivity contribution in [2.45, 2.75) is 53.1 Å². The molecule has 0 spiro atoms. The molecule has 0 aliphatic rings. The average molecular weight is 223 g/mol. The fourth-order valence-corrected chi connectivity index (χ4v) is 1.62. The van der Waals surface area contributed by atoms with Gasteiger partial charge in [0.1, 0.15) is 6.54 Å². The van der Waals surface area contributed by atoms with Crippen molar-refractivity contribution in [2.75, 3.05) is 0 Å². The Morgan fingerprint density at radius 2 is 2.06 bits per heavy atom. The molecular weight excluding hydrogens is 202 g/mol. The normalized spacial score (nSPS) is 10.8. The highest BCUT2D eigenvalue weighted by Gasteiger charge is 2.10. The second kappa shape index (κ2) is 5.68. The van der Waals surface area contributed by atoms with Crippen molar-refractivity contribution in [1.29, 1.82) is 0 Å². The van der Waals surface area contributed by atoms with Gasteiger partial charge in [0.2, 0.25) is 5.91 Å². The number of carbonyl (C=O) groups excluding carboxylic acids is 1. The highest BCUT2D eigenvalue weighted by molar-refractivity contribution is 5.76. The average Bonchev–Trinajstić information content (AvgIpc) is 2.58. The molecule has 1 N–H and O–H groups in total. The van der Waals surface area contributed by atoms with Crippen LogP contribution in [0.3, 0.4) is 0 Å². The lowest BCUT2D eigenvalue weighted by Gasteiger charge is -2.15. The maximum Gasteiger partial charge on any atom is 0.240 e. The molecule has 1 aromatic rings. The standard InChI is InChI=1S/C12H21N3O/c1-5-11(6-2)14-12(16)7-15-8-13-9(3)10(15)4/h8,11H,5-7H2,1-4H3,(H,14,16). The number of nitrogens with zero attached hydrogens (tertiary/aromatic N) is 2. The molecule has 0 aromatic carbocycles. The first-order chi connectivity index (χ1) is 7.58. The molecule has 16 heavy (non-hydrogen) atoms. The molecule has 0 unspecified atom stereocenters. The lowest BCUT2D eigenvalue weighted by molar-refractivity contribution is -0.122. The molecule has 1 aromatic heterocycles. The second-order valence-corrected chi connectivity index (χ2v) is 4.12. The third-order valence-electron chi connectivity index (χ3n) is 3.01. The van der Waals surface area contributed by atoms with Crippen molar-refractivity contribution in [1.82, 2.24) is 14.9 Å². The number of imidazole rings is 1. The minimum atomic E-state index is 0.0641. The quantitative estimate of drug-likeness (QED) is 0.827. The summed E-state index contributed by atoms with van der Waals surface area (Å²) in [7, 11) is 0. The zero-order valence-electron chi connectivity index (χ0n) is 10.6. The van der Waals surface area contributed by atoms with Crippen LogP contribution in [0, 0.1) is 13.8 Å². The molecule has 4 heteroatoms. The zero-order valence-corrected chi connectivity index (χ0v) is 10.6. The smallest absolute Gasteiger partial charge is 0.240 e. The molecule has 90 valence electrons. The molecule has 0 radical (unpaired) electrons. The summed E-state index contributed by atoms with van der Waals surface area (Å²) in [5, 5.41) is 3.01. The van der Waals surface area contributed by atoms with Gasteiger partial charge >= 0.3 is 0 Å². The predicted octanol–water partition coefficient (Wildman–Crippen LogP) is 1.80. The minimum Gasteiger partial charge on any atom is -0.352 e. The van der Waals surface area contributed by atoms with Gasteiger partial charge in [-0.25, -0.2) is 4.98 Å². The van der Waals surface area contributed by atoms with Crippen LogP contribution in [0.15, 0.2) is 6.33 Å². The van der Waals surface area contributed by atoms with Gasteiger partial charge in [-0.2, -0.15) is 0 Å². The van der Waals surface area contributed by atoms with Gasteiger partial charge in [-0.1, -0.05) is 13.8 Å². The molecule has 0 saturated carbocycles. The summed E-state index contributed by atoms with van der Waals surface area (Å²) in [6.07, 6.45) is 3.67. The van der Waals surface area contributed by atoms with Crippen LogP contribution in [-0.2, 0) is 11.3 Å². The molecule has 0 fully saturated rings. The van der Waals surface area contributed by atoms with E-state index in [0.29, 0.717) is 6.54 Å². The Morgan fingerprint density at radius 1 is 1.44 bits per heavy atom. The van der Waals surface area contributed by atoms with Crippen molar-refractivity contribution in [3.05, 3.63) is 17.7 Å². The van der Waals surface area contributed by atoms with E-state index in [1.54, 1.807) is 6.33 Å². The molecule has 1 heterocycles. The molecule has 1 amide bonds. The molecule has 0 aliphatic carbocycles. The summed E-state index contributed by atoms with van der Waals surface area (Å²) < 4.78 is 1.88. The summed E-state index contributed by atoms with van der Waals surface area (Å²) in [5.74, 6) is 0.0641. The van der Waals surface area contributed by atoms with E-state index in [0.717, 1.165) is 24.2 Å². The van der Waals surface area contributed by atoms with Gasteiger partial charge in [0, 0.05) is 11.7 Å². The van der Waals surface area contributed by atoms with Crippen molar-refractivity contribution >= 4 is 5.91 Å². The van der Waals surface area contributed by atoms with Gasteiger partial charge in [0.25, 0.3) is 0 Å². The second-order valence-electron chi connectivity index (χ2n) is 4.12. The topological polar surface area (TPSA) is 46.9 Å². The van der Waals surface area contributed by atoms with E-state index in [1.807, 2.05) is 18.4 Å². The Labute approximate surface area is 97.1 Å². The van der Waals surface area contributed by atoms with Crippen LogP contribution in [0.2, 0.25) is 0 Å². The number of aryl methyl sites for hydroxylation is 1. The maximum atomic E-state index is 11.7. The number of hydrogen-bond donors (Lipinski definition) is 1. The Bertz CT molecular complexity index is 353. The minimum absolute atomic E-state index is 0.0641. The van der Waals surface area contributed by atoms with Gasteiger partial charge in [-0.3, -0.25) is 4.79 Å². The van der Waals surface area contributed by atoms with E-state index < -0.39 is 0 Å². The number of carbonyl (C=O) groups is 1. The van der Waals surface area contributed by atoms with Crippen molar-refractivity contribution in [3.63, 3.8) is 0 Å². The van der Waals surface area contributed by atoms with Gasteiger partial charge in [-0.05, 0) is 26.7 Å². The Morgan fingerprint density at radius 3 is 2.50 bits per heavy atom. The SMILES string of the molecule is CCC(CC)NC(=O)Cn1cnc(C)c1C. The number of nitrogens with one attached hydrogen (secondary N) is 1. The van der Waals surface area contributed by atoms with Crippen LogP contribution in [-0.4, -0.2) is 21.5 Å². The van der Waals surface area contributed by atoms with Crippen LogP contribution >= 0.6 is 0 Å². The monoisotopic (exact) mass is 223 g/mol. The predicted molar refractivity (Wildman–Crippen MR) is 64.2 cm³/mol. The molecule has 4 nitrogen and oxygen atoms in total. The van der Waals surface area contributed by atoms with E-state index in [1.165, 1.54) is 0 Å². The van der Waals surface area contributed by atoms with Crippen LogP contribution < -0.4 is 5.32 Å². The van der Waals surface area contributed by atoms with Crippen molar-refractivity contribution in [2.24, 2.45) is 0 Å². The van der Waals surface area contributed by atoms with E-state index in [9.17, 15) is 4.79 Å². The third kappa shape index (κ3) is 3.08. The molecule has 0 bridgehead atoms. The first-order valence-electron chi connectivity index (χ1n) is 5.86. The van der Waals surface area contributed by atoms with Gasteiger partial charge < -0.3 is 9.88 Å². The van der Waals surface area contributed by atoms with Crippen LogP contribution in [0.5, 0.6) is 0 Å². The Balaban J connectivity index is 2.55. The maximum absolute atomic E-state index is 11.7. The van der Waals surface area contributed by atoms with Crippen LogP contribution in [0.4, 0.5) is 0 Å². The first-order valence-corrected chi connectivity index (χ1v) is 5.86. The Kier molecular flexibility index (Phi) is 4.52. The van der Waals surface area contributed by atoms with Gasteiger partial charge in [0.05, 0.1) is 12.0 Å². The lowest BCUT2D eigenvalue weighted by Crippen LogP contribution is -2.36. The third-order valence-corrected chi connectivity index (χ3v) is 3.01. The fourth-order valence-electron chi connectivity index (χ4n) is 1.62. The van der Waals surface area contributed by atoms with Gasteiger partial charge in [-0.15, -0.1) is 0 Å². The fraction of sp³-hybridized carbons (Fsp3) is 0.667. The van der Waals surface area contributed by atoms with E-state index in [2.05, 4.69) is 24.1 Å². The molecule has 0 aliphatic heterocycles. The number of amides is 1. The van der Waals surface area contributed by atoms with E-state index in [4.69, 9.17) is 0 Å². The highest BCUT2D eigenvalue weighted by Crippen LogP contribution is 2.04. The summed E-state index contributed by atoms with van der Waals surface area (Å²) >= 11 is 0. The summed E-state index contributed by atoms with van der Waals surface area (Å²) in [5.41, 5.74) is 2.04. The number of hydrogen-bond acceptors (Lipinski definition) is 2. The Hall–Kier alpha value is -1.32. The summed E-state index contributed by atoms with van der Waals surface area (Å²) in [6.45, 7) is 8.46. The first kappa shape index (κ1) is 12.7. The lowest BCUT2D eigenvalue weighted by atomic mass is 10.2.